The fourth-order valence-electron chi connectivity index (χ4n) is 2.56. The predicted octanol–water partition coefficient (Wildman–Crippen LogP) is 1.71. The van der Waals surface area contributed by atoms with Gasteiger partial charge in [-0.15, -0.1) is 0 Å². The van der Waals surface area contributed by atoms with Crippen LogP contribution in [0.15, 0.2) is 51.9 Å². The molecular formula is C18H19N5O3S. The van der Waals surface area contributed by atoms with Crippen LogP contribution in [0.25, 0.3) is 10.8 Å². The molecule has 1 aromatic carbocycles. The summed E-state index contributed by atoms with van der Waals surface area (Å²) in [5.41, 5.74) is 5.07. The summed E-state index contributed by atoms with van der Waals surface area (Å²) in [6.07, 6.45) is 2.29. The third-order valence-corrected chi connectivity index (χ3v) is 4.06. The summed E-state index contributed by atoms with van der Waals surface area (Å²) < 4.78 is 6.50. The third-order valence-electron chi connectivity index (χ3n) is 3.81. The van der Waals surface area contributed by atoms with E-state index < -0.39 is 5.91 Å². The van der Waals surface area contributed by atoms with Crippen molar-refractivity contribution < 1.29 is 9.21 Å². The first-order chi connectivity index (χ1) is 13.1. The number of nitrogens with zero attached hydrogens (tertiary/aromatic N) is 2. The van der Waals surface area contributed by atoms with Crippen LogP contribution in [0.2, 0.25) is 0 Å². The molecule has 0 radical (unpaired) electrons. The molecule has 1 amide bonds. The van der Waals surface area contributed by atoms with E-state index >= 15 is 0 Å². The lowest BCUT2D eigenvalue weighted by Gasteiger charge is -2.13. The molecule has 0 atom stereocenters. The fraction of sp³-hybridized carbons (Fsp3) is 0.222. The van der Waals surface area contributed by atoms with Crippen LogP contribution in [0.4, 0.5) is 0 Å². The number of fused-ring (bicyclic) bond motifs is 1. The highest BCUT2D eigenvalue weighted by Gasteiger charge is 2.16. The lowest BCUT2D eigenvalue weighted by molar-refractivity contribution is 0.0938. The lowest BCUT2D eigenvalue weighted by Crippen LogP contribution is -2.47. The SMILES string of the molecule is CCCn1nc(C(=O)NNC(=S)NCc2ccco2)c2ccccc2c1=O. The van der Waals surface area contributed by atoms with E-state index in [9.17, 15) is 9.59 Å². The molecule has 2 aromatic heterocycles. The van der Waals surface area contributed by atoms with Gasteiger partial charge in [0.1, 0.15) is 5.76 Å². The maximum absolute atomic E-state index is 12.6. The van der Waals surface area contributed by atoms with Gasteiger partial charge >= 0.3 is 0 Å². The maximum atomic E-state index is 12.6. The summed E-state index contributed by atoms with van der Waals surface area (Å²) >= 11 is 5.13. The summed E-state index contributed by atoms with van der Waals surface area (Å²) in [6.45, 7) is 2.76. The minimum Gasteiger partial charge on any atom is -0.467 e. The number of carbonyl (C=O) groups excluding carboxylic acids is 1. The highest BCUT2D eigenvalue weighted by atomic mass is 32.1. The second-order valence-corrected chi connectivity index (χ2v) is 6.17. The Balaban J connectivity index is 1.74. The summed E-state index contributed by atoms with van der Waals surface area (Å²) in [5, 5.41) is 8.30. The van der Waals surface area contributed by atoms with Crippen molar-refractivity contribution in [2.24, 2.45) is 0 Å². The van der Waals surface area contributed by atoms with Gasteiger partial charge in [0.2, 0.25) is 0 Å². The van der Waals surface area contributed by atoms with Crippen LogP contribution < -0.4 is 21.7 Å². The van der Waals surface area contributed by atoms with Crippen molar-refractivity contribution in [3.8, 4) is 0 Å². The molecule has 9 heteroatoms. The van der Waals surface area contributed by atoms with Crippen molar-refractivity contribution >= 4 is 34.0 Å². The number of rotatable bonds is 5. The Morgan fingerprint density at radius 2 is 1.96 bits per heavy atom. The molecule has 0 saturated carbocycles. The minimum atomic E-state index is -0.488. The van der Waals surface area contributed by atoms with Gasteiger partial charge in [-0.25, -0.2) is 4.68 Å². The molecule has 140 valence electrons. The number of aryl methyl sites for hydroxylation is 1. The van der Waals surface area contributed by atoms with E-state index in [1.54, 1.807) is 42.7 Å². The Bertz CT molecular complexity index is 1010. The Labute approximate surface area is 160 Å². The van der Waals surface area contributed by atoms with Gasteiger partial charge < -0.3 is 9.73 Å². The van der Waals surface area contributed by atoms with Crippen LogP contribution in [0.1, 0.15) is 29.6 Å². The average molecular weight is 385 g/mol. The Kier molecular flexibility index (Phi) is 5.82. The summed E-state index contributed by atoms with van der Waals surface area (Å²) in [5.74, 6) is 0.225. The largest absolute Gasteiger partial charge is 0.467 e. The van der Waals surface area contributed by atoms with Crippen LogP contribution in [-0.4, -0.2) is 20.8 Å². The van der Waals surface area contributed by atoms with E-state index in [0.717, 1.165) is 6.42 Å². The number of aromatic nitrogens is 2. The molecule has 3 N–H and O–H groups in total. The van der Waals surface area contributed by atoms with E-state index in [0.29, 0.717) is 29.6 Å². The number of furan rings is 1. The zero-order valence-electron chi connectivity index (χ0n) is 14.7. The number of amides is 1. The number of hydrogen-bond acceptors (Lipinski definition) is 5. The molecule has 2 heterocycles. The van der Waals surface area contributed by atoms with Crippen molar-refractivity contribution in [2.75, 3.05) is 0 Å². The normalized spacial score (nSPS) is 10.6. The van der Waals surface area contributed by atoms with Crippen LogP contribution >= 0.6 is 12.2 Å². The summed E-state index contributed by atoms with van der Waals surface area (Å²) in [4.78, 5) is 25.1. The molecule has 3 rings (SSSR count). The van der Waals surface area contributed by atoms with Gasteiger partial charge in [-0.1, -0.05) is 25.1 Å². The molecule has 3 aromatic rings. The molecule has 0 aliphatic heterocycles. The summed E-state index contributed by atoms with van der Waals surface area (Å²) in [6, 6.07) is 10.5. The van der Waals surface area contributed by atoms with E-state index in [1.807, 2.05) is 6.92 Å². The molecule has 0 saturated heterocycles. The molecule has 0 bridgehead atoms. The van der Waals surface area contributed by atoms with Crippen LogP contribution in [-0.2, 0) is 13.1 Å². The fourth-order valence-corrected chi connectivity index (χ4v) is 2.69. The molecule has 0 unspecified atom stereocenters. The molecule has 27 heavy (non-hydrogen) atoms. The molecule has 0 fully saturated rings. The first-order valence-electron chi connectivity index (χ1n) is 8.46. The first-order valence-corrected chi connectivity index (χ1v) is 8.87. The first kappa shape index (κ1) is 18.6. The topological polar surface area (TPSA) is 101 Å². The van der Waals surface area contributed by atoms with Gasteiger partial charge in [0.05, 0.1) is 18.2 Å². The van der Waals surface area contributed by atoms with E-state index in [4.69, 9.17) is 16.6 Å². The zero-order chi connectivity index (χ0) is 19.2. The van der Waals surface area contributed by atoms with Crippen molar-refractivity contribution in [3.05, 3.63) is 64.5 Å². The van der Waals surface area contributed by atoms with Crippen LogP contribution in [0.3, 0.4) is 0 Å². The number of hydrazine groups is 1. The third kappa shape index (κ3) is 4.32. The molecule has 0 spiro atoms. The Hall–Kier alpha value is -3.20. The lowest BCUT2D eigenvalue weighted by atomic mass is 10.1. The number of nitrogens with one attached hydrogen (secondary N) is 3. The summed E-state index contributed by atoms with van der Waals surface area (Å²) in [7, 11) is 0. The Morgan fingerprint density at radius 3 is 2.67 bits per heavy atom. The van der Waals surface area contributed by atoms with E-state index in [1.165, 1.54) is 4.68 Å². The second-order valence-electron chi connectivity index (χ2n) is 5.76. The number of hydrogen-bond donors (Lipinski definition) is 3. The average Bonchev–Trinajstić information content (AvgIpc) is 3.20. The van der Waals surface area contributed by atoms with E-state index in [-0.39, 0.29) is 16.4 Å². The highest BCUT2D eigenvalue weighted by Crippen LogP contribution is 2.13. The molecular weight excluding hydrogens is 366 g/mol. The molecule has 8 nitrogen and oxygen atoms in total. The second kappa shape index (κ2) is 8.45. The smallest absolute Gasteiger partial charge is 0.290 e. The zero-order valence-corrected chi connectivity index (χ0v) is 15.5. The minimum absolute atomic E-state index is 0.153. The van der Waals surface area contributed by atoms with Crippen molar-refractivity contribution in [1.29, 1.82) is 0 Å². The van der Waals surface area contributed by atoms with Gasteiger partial charge in [-0.2, -0.15) is 5.10 Å². The van der Waals surface area contributed by atoms with Gasteiger partial charge in [-0.3, -0.25) is 20.4 Å². The van der Waals surface area contributed by atoms with Crippen molar-refractivity contribution in [3.63, 3.8) is 0 Å². The van der Waals surface area contributed by atoms with Crippen LogP contribution in [0.5, 0.6) is 0 Å². The number of thiocarbonyl (C=S) groups is 1. The molecule has 0 aliphatic rings. The predicted molar refractivity (Wildman–Crippen MR) is 105 cm³/mol. The van der Waals surface area contributed by atoms with Gasteiger partial charge in [0.15, 0.2) is 10.8 Å². The highest BCUT2D eigenvalue weighted by molar-refractivity contribution is 7.80. The van der Waals surface area contributed by atoms with Crippen LogP contribution in [0, 0.1) is 0 Å². The Morgan fingerprint density at radius 1 is 1.19 bits per heavy atom. The van der Waals surface area contributed by atoms with Gasteiger partial charge in [0.25, 0.3) is 11.5 Å². The van der Waals surface area contributed by atoms with E-state index in [2.05, 4.69) is 21.3 Å². The monoisotopic (exact) mass is 385 g/mol. The van der Waals surface area contributed by atoms with Crippen molar-refractivity contribution in [1.82, 2.24) is 25.9 Å². The number of benzene rings is 1. The van der Waals surface area contributed by atoms with Gasteiger partial charge in [0, 0.05) is 11.9 Å². The van der Waals surface area contributed by atoms with Crippen molar-refractivity contribution in [2.45, 2.75) is 26.4 Å². The standard InChI is InChI=1S/C18H19N5O3S/c1-2-9-23-17(25)14-8-4-3-7-13(14)15(22-23)16(24)20-21-18(27)19-11-12-6-5-10-26-12/h3-8,10H,2,9,11H2,1H3,(H,20,24)(H2,19,21,27). The quantitative estimate of drug-likeness (QED) is 0.454. The molecule has 0 aliphatic carbocycles. The van der Waals surface area contributed by atoms with Gasteiger partial charge in [-0.05, 0) is 36.8 Å². The maximum Gasteiger partial charge on any atom is 0.290 e. The number of carbonyl (C=O) groups is 1.